The van der Waals surface area contributed by atoms with Gasteiger partial charge in [0.25, 0.3) is 0 Å². The van der Waals surface area contributed by atoms with Crippen LogP contribution >= 0.6 is 0 Å². The zero-order valence-electron chi connectivity index (χ0n) is 13.9. The first kappa shape index (κ1) is 16.0. The first-order valence-corrected chi connectivity index (χ1v) is 8.33. The number of piperidine rings is 1. The molecule has 3 rings (SSSR count). The molecule has 5 nitrogen and oxygen atoms in total. The van der Waals surface area contributed by atoms with E-state index >= 15 is 0 Å². The van der Waals surface area contributed by atoms with E-state index in [1.54, 1.807) is 14.2 Å². The highest BCUT2D eigenvalue weighted by atomic mass is 16.5. The second-order valence-electron chi connectivity index (χ2n) is 6.62. The molecule has 5 heteroatoms. The molecule has 0 unspecified atom stereocenters. The monoisotopic (exact) mass is 319 g/mol. The number of rotatable bonds is 6. The van der Waals surface area contributed by atoms with Gasteiger partial charge in [-0.1, -0.05) is 0 Å². The second kappa shape index (κ2) is 6.30. The number of carboxylic acid groups (broad SMARTS) is 1. The topological polar surface area (TPSA) is 59.0 Å². The smallest absolute Gasteiger partial charge is 0.304 e. The molecule has 0 spiro atoms. The molecule has 0 amide bonds. The van der Waals surface area contributed by atoms with Gasteiger partial charge >= 0.3 is 5.97 Å². The standard InChI is InChI=1S/C18H25NO4/c1-22-15-11-14(19-8-4-3-5-9-19)16(23-2)10-13(15)18(6-7-18)12-17(20)21/h10-11H,3-9,12H2,1-2H3,(H,20,21). The van der Waals surface area contributed by atoms with Crippen molar-refractivity contribution < 1.29 is 19.4 Å². The first-order chi connectivity index (χ1) is 11.1. The Balaban J connectivity index is 1.99. The molecule has 1 N–H and O–H groups in total. The fourth-order valence-electron chi connectivity index (χ4n) is 3.66. The summed E-state index contributed by atoms with van der Waals surface area (Å²) < 4.78 is 11.2. The van der Waals surface area contributed by atoms with E-state index in [4.69, 9.17) is 9.47 Å². The predicted molar refractivity (Wildman–Crippen MR) is 88.8 cm³/mol. The fraction of sp³-hybridized carbons (Fsp3) is 0.611. The molecule has 0 aromatic heterocycles. The maximum absolute atomic E-state index is 11.2. The normalized spacial score (nSPS) is 19.3. The van der Waals surface area contributed by atoms with E-state index in [1.807, 2.05) is 12.1 Å². The number of benzene rings is 1. The van der Waals surface area contributed by atoms with Crippen LogP contribution in [0.25, 0.3) is 0 Å². The molecule has 2 aliphatic rings. The molecule has 1 aromatic carbocycles. The maximum atomic E-state index is 11.2. The fourth-order valence-corrected chi connectivity index (χ4v) is 3.66. The van der Waals surface area contributed by atoms with Crippen LogP contribution in [-0.2, 0) is 10.2 Å². The van der Waals surface area contributed by atoms with Crippen molar-refractivity contribution in [3.05, 3.63) is 17.7 Å². The van der Waals surface area contributed by atoms with Crippen molar-refractivity contribution in [2.24, 2.45) is 0 Å². The third-order valence-electron chi connectivity index (χ3n) is 5.11. The molecule has 1 aliphatic carbocycles. The minimum atomic E-state index is -0.761. The number of carbonyl (C=O) groups is 1. The van der Waals surface area contributed by atoms with Crippen LogP contribution in [0, 0.1) is 0 Å². The lowest BCUT2D eigenvalue weighted by Crippen LogP contribution is -2.30. The number of nitrogens with zero attached hydrogens (tertiary/aromatic N) is 1. The van der Waals surface area contributed by atoms with Crippen LogP contribution < -0.4 is 14.4 Å². The number of hydrogen-bond acceptors (Lipinski definition) is 4. The van der Waals surface area contributed by atoms with Crippen molar-refractivity contribution in [3.63, 3.8) is 0 Å². The second-order valence-corrected chi connectivity index (χ2v) is 6.62. The van der Waals surface area contributed by atoms with Gasteiger partial charge in [-0.2, -0.15) is 0 Å². The summed E-state index contributed by atoms with van der Waals surface area (Å²) in [6, 6.07) is 4.03. The summed E-state index contributed by atoms with van der Waals surface area (Å²) in [6.45, 7) is 2.05. The summed E-state index contributed by atoms with van der Waals surface area (Å²) in [5.41, 5.74) is 1.74. The highest BCUT2D eigenvalue weighted by molar-refractivity contribution is 5.72. The van der Waals surface area contributed by atoms with Crippen LogP contribution in [0.15, 0.2) is 12.1 Å². The Morgan fingerprint density at radius 1 is 1.13 bits per heavy atom. The summed E-state index contributed by atoms with van der Waals surface area (Å²) in [6.07, 6.45) is 5.58. The zero-order valence-corrected chi connectivity index (χ0v) is 13.9. The van der Waals surface area contributed by atoms with Crippen molar-refractivity contribution >= 4 is 11.7 Å². The van der Waals surface area contributed by atoms with Gasteiger partial charge < -0.3 is 19.5 Å². The van der Waals surface area contributed by atoms with E-state index in [-0.39, 0.29) is 11.8 Å². The minimum Gasteiger partial charge on any atom is -0.496 e. The summed E-state index contributed by atoms with van der Waals surface area (Å²) in [5.74, 6) is 0.841. The van der Waals surface area contributed by atoms with Crippen LogP contribution in [-0.4, -0.2) is 38.4 Å². The molecule has 1 aromatic rings. The quantitative estimate of drug-likeness (QED) is 0.872. The SMILES string of the molecule is COc1cc(C2(CC(=O)O)CC2)c(OC)cc1N1CCCCC1. The Bertz CT molecular complexity index is 589. The molecule has 0 bridgehead atoms. The van der Waals surface area contributed by atoms with Crippen LogP contribution in [0.2, 0.25) is 0 Å². The summed E-state index contributed by atoms with van der Waals surface area (Å²) in [7, 11) is 3.33. The molecule has 1 saturated carbocycles. The lowest BCUT2D eigenvalue weighted by Gasteiger charge is -2.31. The van der Waals surface area contributed by atoms with Crippen molar-refractivity contribution in [3.8, 4) is 11.5 Å². The van der Waals surface area contributed by atoms with Crippen molar-refractivity contribution in [1.29, 1.82) is 0 Å². The van der Waals surface area contributed by atoms with Gasteiger partial charge in [0.1, 0.15) is 11.5 Å². The van der Waals surface area contributed by atoms with Crippen LogP contribution in [0.3, 0.4) is 0 Å². The number of anilines is 1. The molecule has 1 aliphatic heterocycles. The molecule has 23 heavy (non-hydrogen) atoms. The third kappa shape index (κ3) is 3.09. The number of hydrogen-bond donors (Lipinski definition) is 1. The molecule has 0 atom stereocenters. The molecular formula is C18H25NO4. The van der Waals surface area contributed by atoms with Gasteiger partial charge in [-0.05, 0) is 38.2 Å². The summed E-state index contributed by atoms with van der Waals surface area (Å²) >= 11 is 0. The Hall–Kier alpha value is -1.91. The Labute approximate surface area is 137 Å². The van der Waals surface area contributed by atoms with Crippen molar-refractivity contribution in [1.82, 2.24) is 0 Å². The molecule has 0 radical (unpaired) electrons. The van der Waals surface area contributed by atoms with E-state index in [0.29, 0.717) is 0 Å². The number of carboxylic acids is 1. The van der Waals surface area contributed by atoms with Crippen molar-refractivity contribution in [2.75, 3.05) is 32.2 Å². The van der Waals surface area contributed by atoms with E-state index in [1.165, 1.54) is 19.3 Å². The highest BCUT2D eigenvalue weighted by Gasteiger charge is 2.48. The van der Waals surface area contributed by atoms with Gasteiger partial charge in [0, 0.05) is 30.1 Å². The van der Waals surface area contributed by atoms with Gasteiger partial charge in [0.15, 0.2) is 0 Å². The minimum absolute atomic E-state index is 0.148. The van der Waals surface area contributed by atoms with Crippen LogP contribution in [0.5, 0.6) is 11.5 Å². The summed E-state index contributed by atoms with van der Waals surface area (Å²) in [4.78, 5) is 13.6. The Morgan fingerprint density at radius 2 is 1.78 bits per heavy atom. The third-order valence-corrected chi connectivity index (χ3v) is 5.11. The highest BCUT2D eigenvalue weighted by Crippen LogP contribution is 2.55. The average Bonchev–Trinajstić information content (AvgIpc) is 3.34. The van der Waals surface area contributed by atoms with E-state index in [0.717, 1.165) is 48.7 Å². The lowest BCUT2D eigenvalue weighted by molar-refractivity contribution is -0.137. The van der Waals surface area contributed by atoms with Gasteiger partial charge in [-0.15, -0.1) is 0 Å². The average molecular weight is 319 g/mol. The summed E-state index contributed by atoms with van der Waals surface area (Å²) in [5, 5.41) is 9.22. The molecule has 126 valence electrons. The largest absolute Gasteiger partial charge is 0.496 e. The van der Waals surface area contributed by atoms with E-state index in [9.17, 15) is 9.90 Å². The van der Waals surface area contributed by atoms with E-state index in [2.05, 4.69) is 4.90 Å². The van der Waals surface area contributed by atoms with Crippen molar-refractivity contribution in [2.45, 2.75) is 43.9 Å². The van der Waals surface area contributed by atoms with Gasteiger partial charge in [-0.25, -0.2) is 0 Å². The first-order valence-electron chi connectivity index (χ1n) is 8.33. The molecule has 2 fully saturated rings. The molecule has 1 saturated heterocycles. The number of methoxy groups -OCH3 is 2. The van der Waals surface area contributed by atoms with Crippen LogP contribution in [0.4, 0.5) is 5.69 Å². The number of aliphatic carboxylic acids is 1. The molecular weight excluding hydrogens is 294 g/mol. The van der Waals surface area contributed by atoms with Gasteiger partial charge in [-0.3, -0.25) is 4.79 Å². The van der Waals surface area contributed by atoms with Gasteiger partial charge in [0.05, 0.1) is 26.3 Å². The molecule has 1 heterocycles. The Morgan fingerprint density at radius 3 is 2.30 bits per heavy atom. The van der Waals surface area contributed by atoms with Gasteiger partial charge in [0.2, 0.25) is 0 Å². The zero-order chi connectivity index (χ0) is 16.4. The maximum Gasteiger partial charge on any atom is 0.304 e. The number of ether oxygens (including phenoxy) is 2. The van der Waals surface area contributed by atoms with E-state index < -0.39 is 5.97 Å². The lowest BCUT2D eigenvalue weighted by atomic mass is 9.90. The Kier molecular flexibility index (Phi) is 4.37. The predicted octanol–water partition coefficient (Wildman–Crippen LogP) is 3.20. The van der Waals surface area contributed by atoms with Crippen LogP contribution in [0.1, 0.15) is 44.1 Å².